The van der Waals surface area contributed by atoms with Crippen LogP contribution in [-0.4, -0.2) is 11.8 Å². The number of thioether (sulfide) groups is 1. The largest absolute Gasteiger partial charge is 0.288 e. The van der Waals surface area contributed by atoms with Crippen molar-refractivity contribution >= 4 is 23.5 Å². The fourth-order valence-electron chi connectivity index (χ4n) is 0.794. The monoisotopic (exact) mass is 201 g/mol. The molecule has 0 aliphatic heterocycles. The zero-order chi connectivity index (χ0) is 9.68. The molecule has 0 unspecified atom stereocenters. The molecule has 0 aromatic heterocycles. The number of benzene rings is 1. The van der Waals surface area contributed by atoms with Crippen LogP contribution in [0.15, 0.2) is 34.2 Å². The van der Waals surface area contributed by atoms with Crippen molar-refractivity contribution in [2.45, 2.75) is 10.7 Å². The Bertz CT molecular complexity index is 337. The zero-order valence-electron chi connectivity index (χ0n) is 6.41. The predicted molar refractivity (Wildman–Crippen MR) is 46.1 cm³/mol. The Morgan fingerprint density at radius 1 is 1.38 bits per heavy atom. The Kier molecular flexibility index (Phi) is 3.61. The number of nitrogens with zero attached hydrogens (tertiary/aromatic N) is 1. The summed E-state index contributed by atoms with van der Waals surface area (Å²) in [7, 11) is 0. The minimum atomic E-state index is -2.51. The first-order valence-electron chi connectivity index (χ1n) is 3.35. The van der Waals surface area contributed by atoms with Gasteiger partial charge in [0.1, 0.15) is 0 Å². The van der Waals surface area contributed by atoms with E-state index in [1.54, 1.807) is 12.1 Å². The van der Waals surface area contributed by atoms with Crippen molar-refractivity contribution in [2.75, 3.05) is 0 Å². The topological polar surface area (TPSA) is 29.4 Å². The van der Waals surface area contributed by atoms with Crippen molar-refractivity contribution in [3.63, 3.8) is 0 Å². The lowest BCUT2D eigenvalue weighted by atomic mass is 10.3. The second-order valence-corrected chi connectivity index (χ2v) is 3.08. The predicted octanol–water partition coefficient (Wildman–Crippen LogP) is 2.97. The van der Waals surface area contributed by atoms with Gasteiger partial charge < -0.3 is 0 Å². The molecule has 0 aliphatic rings. The molecule has 0 saturated heterocycles. The van der Waals surface area contributed by atoms with E-state index in [1.807, 2.05) is 0 Å². The summed E-state index contributed by atoms with van der Waals surface area (Å²) >= 11 is 0.359. The SMILES string of the molecule is O=C=Nc1ccccc1SC(F)F. The van der Waals surface area contributed by atoms with Crippen LogP contribution >= 0.6 is 11.8 Å². The van der Waals surface area contributed by atoms with Gasteiger partial charge in [-0.3, -0.25) is 0 Å². The highest BCUT2D eigenvalue weighted by Crippen LogP contribution is 2.32. The van der Waals surface area contributed by atoms with Gasteiger partial charge in [-0.15, -0.1) is 0 Å². The molecule has 0 aliphatic carbocycles. The maximum Gasteiger partial charge on any atom is 0.288 e. The van der Waals surface area contributed by atoms with Crippen molar-refractivity contribution < 1.29 is 13.6 Å². The Hall–Kier alpha value is -1.19. The van der Waals surface area contributed by atoms with E-state index in [0.29, 0.717) is 11.8 Å². The van der Waals surface area contributed by atoms with Gasteiger partial charge in [0.2, 0.25) is 6.08 Å². The van der Waals surface area contributed by atoms with E-state index in [2.05, 4.69) is 4.99 Å². The number of aliphatic imine (C=N–C) groups is 1. The van der Waals surface area contributed by atoms with Gasteiger partial charge in [-0.2, -0.15) is 13.8 Å². The van der Waals surface area contributed by atoms with Crippen LogP contribution in [0, 0.1) is 0 Å². The standard InChI is InChI=1S/C8H5F2NOS/c9-8(10)13-7-4-2-1-3-6(7)11-5-12/h1-4,8H. The molecule has 0 radical (unpaired) electrons. The highest BCUT2D eigenvalue weighted by molar-refractivity contribution is 7.99. The van der Waals surface area contributed by atoms with Crippen LogP contribution in [0.3, 0.4) is 0 Å². The van der Waals surface area contributed by atoms with E-state index in [-0.39, 0.29) is 10.6 Å². The second kappa shape index (κ2) is 4.74. The maximum absolute atomic E-state index is 12.0. The normalized spacial score (nSPS) is 9.77. The van der Waals surface area contributed by atoms with Gasteiger partial charge in [0, 0.05) is 4.90 Å². The quantitative estimate of drug-likeness (QED) is 0.427. The van der Waals surface area contributed by atoms with Gasteiger partial charge in [0.05, 0.1) is 5.69 Å². The van der Waals surface area contributed by atoms with E-state index >= 15 is 0 Å². The van der Waals surface area contributed by atoms with Crippen LogP contribution in [0.5, 0.6) is 0 Å². The fourth-order valence-corrected chi connectivity index (χ4v) is 1.38. The van der Waals surface area contributed by atoms with Crippen LogP contribution in [0.2, 0.25) is 0 Å². The molecule has 1 rings (SSSR count). The number of halogens is 2. The first kappa shape index (κ1) is 9.89. The molecule has 68 valence electrons. The Balaban J connectivity index is 2.97. The molecule has 5 heteroatoms. The highest BCUT2D eigenvalue weighted by Gasteiger charge is 2.08. The van der Waals surface area contributed by atoms with Crippen molar-refractivity contribution in [3.05, 3.63) is 24.3 Å². The third-order valence-electron chi connectivity index (χ3n) is 1.25. The summed E-state index contributed by atoms with van der Waals surface area (Å²) in [5.41, 5.74) is 0.225. The lowest BCUT2D eigenvalue weighted by molar-refractivity contribution is 0.252. The van der Waals surface area contributed by atoms with Crippen molar-refractivity contribution in [1.29, 1.82) is 0 Å². The molecule has 0 spiro atoms. The van der Waals surface area contributed by atoms with Gasteiger partial charge in [0.15, 0.2) is 0 Å². The van der Waals surface area contributed by atoms with Crippen LogP contribution in [0.1, 0.15) is 0 Å². The summed E-state index contributed by atoms with van der Waals surface area (Å²) in [6.45, 7) is 0. The molecule has 0 N–H and O–H groups in total. The molecule has 13 heavy (non-hydrogen) atoms. The maximum atomic E-state index is 12.0. The first-order valence-corrected chi connectivity index (χ1v) is 4.23. The number of rotatable bonds is 3. The molecule has 0 heterocycles. The van der Waals surface area contributed by atoms with Gasteiger partial charge >= 0.3 is 0 Å². The molecule has 0 amide bonds. The first-order chi connectivity index (χ1) is 6.24. The van der Waals surface area contributed by atoms with Crippen LogP contribution < -0.4 is 0 Å². The van der Waals surface area contributed by atoms with Crippen molar-refractivity contribution in [3.8, 4) is 0 Å². The number of carbonyl (C=O) groups excluding carboxylic acids is 1. The Labute approximate surface area is 77.7 Å². The van der Waals surface area contributed by atoms with E-state index in [4.69, 9.17) is 0 Å². The van der Waals surface area contributed by atoms with Gasteiger partial charge in [0.25, 0.3) is 5.76 Å². The molecule has 0 saturated carbocycles. The summed E-state index contributed by atoms with van der Waals surface area (Å²) in [5.74, 6) is -2.51. The number of hydrogen-bond donors (Lipinski definition) is 0. The average molecular weight is 201 g/mol. The van der Waals surface area contributed by atoms with Crippen molar-refractivity contribution in [1.82, 2.24) is 0 Å². The highest BCUT2D eigenvalue weighted by atomic mass is 32.2. The third kappa shape index (κ3) is 2.97. The molecular weight excluding hydrogens is 196 g/mol. The molecule has 1 aromatic carbocycles. The van der Waals surface area contributed by atoms with Crippen molar-refractivity contribution in [2.24, 2.45) is 4.99 Å². The third-order valence-corrected chi connectivity index (χ3v) is 2.02. The van der Waals surface area contributed by atoms with Crippen LogP contribution in [-0.2, 0) is 4.79 Å². The fraction of sp³-hybridized carbons (Fsp3) is 0.125. The Morgan fingerprint density at radius 2 is 2.08 bits per heavy atom. The van der Waals surface area contributed by atoms with Crippen LogP contribution in [0.4, 0.5) is 14.5 Å². The number of isocyanates is 1. The van der Waals surface area contributed by atoms with Gasteiger partial charge in [-0.25, -0.2) is 4.79 Å². The smallest absolute Gasteiger partial charge is 0.211 e. The summed E-state index contributed by atoms with van der Waals surface area (Å²) in [6, 6.07) is 6.18. The van der Waals surface area contributed by atoms with Gasteiger partial charge in [-0.05, 0) is 12.1 Å². The van der Waals surface area contributed by atoms with E-state index in [9.17, 15) is 13.6 Å². The molecular formula is C8H5F2NOS. The summed E-state index contributed by atoms with van der Waals surface area (Å²) in [4.78, 5) is 13.5. The van der Waals surface area contributed by atoms with E-state index in [1.165, 1.54) is 18.2 Å². The number of hydrogen-bond acceptors (Lipinski definition) is 3. The molecule has 0 atom stereocenters. The van der Waals surface area contributed by atoms with E-state index in [0.717, 1.165) is 0 Å². The molecule has 0 fully saturated rings. The zero-order valence-corrected chi connectivity index (χ0v) is 7.22. The Morgan fingerprint density at radius 3 is 2.69 bits per heavy atom. The molecule has 2 nitrogen and oxygen atoms in total. The number of para-hydroxylation sites is 1. The summed E-state index contributed by atoms with van der Waals surface area (Å²) in [5, 5.41) is 0. The van der Waals surface area contributed by atoms with Gasteiger partial charge in [-0.1, -0.05) is 23.9 Å². The lowest BCUT2D eigenvalue weighted by Gasteiger charge is -2.01. The average Bonchev–Trinajstić information content (AvgIpc) is 2.08. The summed E-state index contributed by atoms with van der Waals surface area (Å²) in [6.07, 6.45) is 1.31. The second-order valence-electron chi connectivity index (χ2n) is 2.05. The molecule has 0 bridgehead atoms. The minimum Gasteiger partial charge on any atom is -0.211 e. The molecule has 1 aromatic rings. The van der Waals surface area contributed by atoms with E-state index < -0.39 is 5.76 Å². The number of alkyl halides is 2. The lowest BCUT2D eigenvalue weighted by Crippen LogP contribution is -1.81. The minimum absolute atomic E-state index is 0.225. The summed E-state index contributed by atoms with van der Waals surface area (Å²) < 4.78 is 23.9. The van der Waals surface area contributed by atoms with Crippen LogP contribution in [0.25, 0.3) is 0 Å².